The van der Waals surface area contributed by atoms with Gasteiger partial charge in [-0.05, 0) is 78.6 Å². The summed E-state index contributed by atoms with van der Waals surface area (Å²) in [4.78, 5) is 27.9. The fourth-order valence-electron chi connectivity index (χ4n) is 6.67. The van der Waals surface area contributed by atoms with Crippen LogP contribution in [0.2, 0.25) is 10.0 Å². The Bertz CT molecular complexity index is 1780. The molecule has 4 aromatic carbocycles. The topological polar surface area (TPSA) is 90.9 Å². The number of likely N-dealkylation sites (tertiary alicyclic amines) is 1. The SMILES string of the molecule is O=C1Nc2ccc(F)cc2C2(CCN(C(Cc3ccc(Cl)cc3Cl)CC(CNC(=O)c3ccccc3O)c3ccc(F)cc3)CC2)O1. The van der Waals surface area contributed by atoms with Crippen LogP contribution in [0.4, 0.5) is 19.3 Å². The van der Waals surface area contributed by atoms with Gasteiger partial charge in [0, 0.05) is 60.0 Å². The molecule has 0 bridgehead atoms. The number of ether oxygens (including phenoxy) is 1. The summed E-state index contributed by atoms with van der Waals surface area (Å²) >= 11 is 12.8. The van der Waals surface area contributed by atoms with Crippen molar-refractivity contribution in [3.05, 3.63) is 129 Å². The molecule has 2 atom stereocenters. The maximum absolute atomic E-state index is 14.4. The largest absolute Gasteiger partial charge is 0.507 e. The number of halogens is 4. The Morgan fingerprint density at radius 3 is 2.43 bits per heavy atom. The van der Waals surface area contributed by atoms with Crippen LogP contribution in [-0.4, -0.2) is 47.7 Å². The van der Waals surface area contributed by atoms with Gasteiger partial charge in [-0.15, -0.1) is 0 Å². The summed E-state index contributed by atoms with van der Waals surface area (Å²) in [5.74, 6) is -1.57. The second-order valence-corrected chi connectivity index (χ2v) is 12.9. The molecule has 1 spiro atoms. The van der Waals surface area contributed by atoms with Crippen LogP contribution >= 0.6 is 23.2 Å². The van der Waals surface area contributed by atoms with Gasteiger partial charge in [0.05, 0.1) is 11.3 Å². The van der Waals surface area contributed by atoms with Gasteiger partial charge in [-0.1, -0.05) is 53.5 Å². The van der Waals surface area contributed by atoms with Crippen molar-refractivity contribution in [3.63, 3.8) is 0 Å². The zero-order chi connectivity index (χ0) is 33.1. The number of aromatic hydroxyl groups is 1. The smallest absolute Gasteiger partial charge is 0.412 e. The summed E-state index contributed by atoms with van der Waals surface area (Å²) in [6.45, 7) is 1.27. The molecule has 1 fully saturated rings. The lowest BCUT2D eigenvalue weighted by Gasteiger charge is -2.46. The Hall–Kier alpha value is -4.18. The van der Waals surface area contributed by atoms with E-state index < -0.39 is 23.4 Å². The lowest BCUT2D eigenvalue weighted by atomic mass is 9.80. The highest BCUT2D eigenvalue weighted by molar-refractivity contribution is 6.35. The van der Waals surface area contributed by atoms with E-state index in [-0.39, 0.29) is 35.6 Å². The van der Waals surface area contributed by atoms with Crippen LogP contribution in [-0.2, 0) is 16.8 Å². The van der Waals surface area contributed by atoms with Gasteiger partial charge in [-0.25, -0.2) is 13.6 Å². The fourth-order valence-corrected chi connectivity index (χ4v) is 7.16. The fraction of sp³-hybridized carbons (Fsp3) is 0.278. The molecule has 47 heavy (non-hydrogen) atoms. The lowest BCUT2D eigenvalue weighted by molar-refractivity contribution is -0.0470. The quantitative estimate of drug-likeness (QED) is 0.167. The first-order valence-corrected chi connectivity index (χ1v) is 16.2. The summed E-state index contributed by atoms with van der Waals surface area (Å²) < 4.78 is 34.2. The Labute approximate surface area is 281 Å². The molecule has 0 radical (unpaired) electrons. The van der Waals surface area contributed by atoms with Gasteiger partial charge >= 0.3 is 6.09 Å². The number of nitrogens with one attached hydrogen (secondary N) is 2. The van der Waals surface area contributed by atoms with Gasteiger partial charge in [0.1, 0.15) is 23.0 Å². The van der Waals surface area contributed by atoms with Gasteiger partial charge < -0.3 is 15.2 Å². The minimum atomic E-state index is -0.971. The van der Waals surface area contributed by atoms with Crippen molar-refractivity contribution in [2.45, 2.75) is 43.2 Å². The molecular weight excluding hydrogens is 647 g/mol. The number of carbonyl (C=O) groups is 2. The molecule has 0 saturated carbocycles. The molecule has 0 aromatic heterocycles. The van der Waals surface area contributed by atoms with Crippen molar-refractivity contribution in [1.29, 1.82) is 0 Å². The van der Waals surface area contributed by atoms with Crippen LogP contribution in [0.3, 0.4) is 0 Å². The number of fused-ring (bicyclic) bond motifs is 2. The third-order valence-electron chi connectivity index (χ3n) is 9.15. The maximum atomic E-state index is 14.4. The van der Waals surface area contributed by atoms with Crippen molar-refractivity contribution in [1.82, 2.24) is 10.2 Å². The molecule has 0 aliphatic carbocycles. The Balaban J connectivity index is 1.28. The van der Waals surface area contributed by atoms with E-state index in [1.165, 1.54) is 30.3 Å². The second-order valence-electron chi connectivity index (χ2n) is 12.0. The first-order valence-electron chi connectivity index (χ1n) is 15.4. The van der Waals surface area contributed by atoms with Crippen molar-refractivity contribution in [2.24, 2.45) is 0 Å². The number of hydrogen-bond acceptors (Lipinski definition) is 5. The number of anilines is 1. The molecule has 2 heterocycles. The Morgan fingerprint density at radius 2 is 1.70 bits per heavy atom. The van der Waals surface area contributed by atoms with E-state index >= 15 is 0 Å². The number of amides is 2. The number of phenols is 1. The summed E-state index contributed by atoms with van der Waals surface area (Å²) in [6, 6.07) is 22.1. The highest BCUT2D eigenvalue weighted by atomic mass is 35.5. The van der Waals surface area contributed by atoms with E-state index in [2.05, 4.69) is 15.5 Å². The average molecular weight is 681 g/mol. The van der Waals surface area contributed by atoms with Crippen LogP contribution in [0.1, 0.15) is 52.2 Å². The van der Waals surface area contributed by atoms with Crippen LogP contribution in [0.25, 0.3) is 0 Å². The molecule has 244 valence electrons. The van der Waals surface area contributed by atoms with E-state index in [4.69, 9.17) is 27.9 Å². The van der Waals surface area contributed by atoms with E-state index in [0.717, 1.165) is 11.1 Å². The van der Waals surface area contributed by atoms with Gasteiger partial charge in [-0.3, -0.25) is 15.0 Å². The summed E-state index contributed by atoms with van der Waals surface area (Å²) in [5.41, 5.74) is 2.06. The number of para-hydroxylation sites is 1. The second kappa shape index (κ2) is 13.9. The molecule has 6 rings (SSSR count). The van der Waals surface area contributed by atoms with Crippen LogP contribution in [0, 0.1) is 11.6 Å². The zero-order valence-electron chi connectivity index (χ0n) is 25.3. The number of hydrogen-bond donors (Lipinski definition) is 3. The van der Waals surface area contributed by atoms with Crippen molar-refractivity contribution in [3.8, 4) is 5.75 Å². The molecule has 2 unspecified atom stereocenters. The minimum Gasteiger partial charge on any atom is -0.507 e. The summed E-state index contributed by atoms with van der Waals surface area (Å²) in [5, 5.41) is 16.9. The monoisotopic (exact) mass is 679 g/mol. The predicted octanol–water partition coefficient (Wildman–Crippen LogP) is 8.05. The minimum absolute atomic E-state index is 0.118. The van der Waals surface area contributed by atoms with E-state index in [1.54, 1.807) is 48.5 Å². The van der Waals surface area contributed by atoms with Gasteiger partial charge in [-0.2, -0.15) is 0 Å². The number of benzene rings is 4. The predicted molar refractivity (Wildman–Crippen MR) is 177 cm³/mol. The normalized spacial score (nSPS) is 16.9. The standard InChI is InChI=1S/C36H33Cl2F2N3O4/c37-25-8-5-23(31(38)19-25)17-28(43-15-13-36(14-16-43)30-20-27(40)11-12-32(30)42-35(46)47-36)18-24(22-6-9-26(39)10-7-22)21-41-34(45)29-3-1-2-4-33(29)44/h1-12,19-20,24,28,44H,13-18,21H2,(H,41,45)(H,42,46). The Kier molecular flexibility index (Phi) is 9.68. The van der Waals surface area contributed by atoms with Gasteiger partial charge in [0.2, 0.25) is 0 Å². The number of rotatable bonds is 9. The molecule has 3 N–H and O–H groups in total. The first kappa shape index (κ1) is 32.7. The van der Waals surface area contributed by atoms with Crippen LogP contribution < -0.4 is 10.6 Å². The first-order chi connectivity index (χ1) is 22.6. The van der Waals surface area contributed by atoms with Crippen molar-refractivity contribution in [2.75, 3.05) is 25.0 Å². The van der Waals surface area contributed by atoms with E-state index in [0.29, 0.717) is 60.1 Å². The lowest BCUT2D eigenvalue weighted by Crippen LogP contribution is -2.51. The number of piperidine rings is 1. The number of phenolic OH excluding ortho intramolecular Hbond substituents is 1. The molecule has 4 aromatic rings. The summed E-state index contributed by atoms with van der Waals surface area (Å²) in [7, 11) is 0. The Morgan fingerprint density at radius 1 is 0.979 bits per heavy atom. The number of carbonyl (C=O) groups excluding carboxylic acids is 2. The highest BCUT2D eigenvalue weighted by Crippen LogP contribution is 2.44. The third kappa shape index (κ3) is 7.38. The van der Waals surface area contributed by atoms with E-state index in [1.807, 2.05) is 6.07 Å². The molecule has 7 nitrogen and oxygen atoms in total. The number of nitrogens with zero attached hydrogens (tertiary/aromatic N) is 1. The van der Waals surface area contributed by atoms with Gasteiger partial charge in [0.25, 0.3) is 5.91 Å². The zero-order valence-corrected chi connectivity index (χ0v) is 26.8. The molecule has 2 aliphatic heterocycles. The average Bonchev–Trinajstić information content (AvgIpc) is 3.05. The summed E-state index contributed by atoms with van der Waals surface area (Å²) in [6.07, 6.45) is 1.39. The van der Waals surface area contributed by atoms with Gasteiger partial charge in [0.15, 0.2) is 0 Å². The molecule has 1 saturated heterocycles. The molecule has 2 aliphatic rings. The van der Waals surface area contributed by atoms with Crippen LogP contribution in [0.5, 0.6) is 5.75 Å². The van der Waals surface area contributed by atoms with Crippen molar-refractivity contribution < 1.29 is 28.2 Å². The molecule has 2 amide bonds. The molecule has 11 heteroatoms. The molecular formula is C36H33Cl2F2N3O4. The highest BCUT2D eigenvalue weighted by Gasteiger charge is 2.45. The van der Waals surface area contributed by atoms with Crippen molar-refractivity contribution >= 4 is 40.9 Å². The third-order valence-corrected chi connectivity index (χ3v) is 9.73. The maximum Gasteiger partial charge on any atom is 0.412 e. The van der Waals surface area contributed by atoms with E-state index in [9.17, 15) is 23.5 Å². The van der Waals surface area contributed by atoms with Crippen LogP contribution in [0.15, 0.2) is 84.9 Å².